The Morgan fingerprint density at radius 3 is 2.19 bits per heavy atom. The Morgan fingerprint density at radius 2 is 1.69 bits per heavy atom. The number of halogens is 4. The Balaban J connectivity index is 0.000000431. The van der Waals surface area contributed by atoms with Gasteiger partial charge in [-0.05, 0) is 50.7 Å². The van der Waals surface area contributed by atoms with Gasteiger partial charge >= 0.3 is 7.25 Å². The van der Waals surface area contributed by atoms with Crippen LogP contribution in [0.15, 0.2) is 18.5 Å². The van der Waals surface area contributed by atoms with Crippen LogP contribution in [0.25, 0.3) is 5.69 Å². The molecule has 0 bridgehead atoms. The number of fused-ring (bicyclic) bond motifs is 1. The SMILES string of the molecule is Cc1cc(C)c(-n2c[n+]3c(n2)CCC3CC(C)C)c(C)c1.F[B-](F)(F)F. The highest BCUT2D eigenvalue weighted by molar-refractivity contribution is 6.50. The molecular formula is C18H26BF4N3. The van der Waals surface area contributed by atoms with Gasteiger partial charge in [-0.2, -0.15) is 0 Å². The molecule has 26 heavy (non-hydrogen) atoms. The van der Waals surface area contributed by atoms with Gasteiger partial charge in [0.05, 0.1) is 6.04 Å². The molecule has 0 saturated carbocycles. The maximum absolute atomic E-state index is 9.75. The van der Waals surface area contributed by atoms with E-state index in [4.69, 9.17) is 5.10 Å². The lowest BCUT2D eigenvalue weighted by molar-refractivity contribution is -0.718. The zero-order valence-electron chi connectivity index (χ0n) is 15.9. The Kier molecular flexibility index (Phi) is 6.14. The van der Waals surface area contributed by atoms with Crippen LogP contribution in [0, 0.1) is 26.7 Å². The molecule has 0 amide bonds. The average molecular weight is 371 g/mol. The first-order valence-electron chi connectivity index (χ1n) is 8.91. The van der Waals surface area contributed by atoms with Crippen molar-refractivity contribution in [2.45, 2.75) is 59.9 Å². The van der Waals surface area contributed by atoms with Gasteiger partial charge in [0.25, 0.3) is 5.82 Å². The Morgan fingerprint density at radius 1 is 1.15 bits per heavy atom. The molecule has 1 atom stereocenters. The third-order valence-corrected chi connectivity index (χ3v) is 4.46. The summed E-state index contributed by atoms with van der Waals surface area (Å²) >= 11 is 0. The van der Waals surface area contributed by atoms with Crippen molar-refractivity contribution in [2.24, 2.45) is 5.92 Å². The smallest absolute Gasteiger partial charge is 0.418 e. The number of aromatic nitrogens is 3. The summed E-state index contributed by atoms with van der Waals surface area (Å²) in [6.45, 7) is 11.1. The number of benzene rings is 1. The van der Waals surface area contributed by atoms with Crippen LogP contribution in [0.2, 0.25) is 0 Å². The molecular weight excluding hydrogens is 345 g/mol. The van der Waals surface area contributed by atoms with Gasteiger partial charge in [-0.3, -0.25) is 0 Å². The van der Waals surface area contributed by atoms with Crippen molar-refractivity contribution in [2.75, 3.05) is 0 Å². The van der Waals surface area contributed by atoms with E-state index in [0.29, 0.717) is 6.04 Å². The fourth-order valence-electron chi connectivity index (χ4n) is 3.72. The predicted octanol–water partition coefficient (Wildman–Crippen LogP) is 4.92. The van der Waals surface area contributed by atoms with Crippen molar-refractivity contribution in [1.82, 2.24) is 9.78 Å². The van der Waals surface area contributed by atoms with Crippen molar-refractivity contribution in [3.8, 4) is 5.69 Å². The van der Waals surface area contributed by atoms with Crippen LogP contribution in [0.3, 0.4) is 0 Å². The maximum Gasteiger partial charge on any atom is 0.673 e. The standard InChI is InChI=1S/C18H26N3.BF4/c1-12(2)8-16-6-7-17-19-21(11-20(16)17)18-14(4)9-13(3)10-15(18)5;2-1(3,4)5/h9-12,16H,6-8H2,1-5H3;/q+1;-1. The highest BCUT2D eigenvalue weighted by atomic mass is 19.5. The molecule has 0 aliphatic carbocycles. The molecule has 0 N–H and O–H groups in total. The summed E-state index contributed by atoms with van der Waals surface area (Å²) in [5.74, 6) is 1.97. The molecule has 3 nitrogen and oxygen atoms in total. The van der Waals surface area contributed by atoms with Gasteiger partial charge in [0.2, 0.25) is 6.33 Å². The summed E-state index contributed by atoms with van der Waals surface area (Å²) in [6, 6.07) is 5.11. The molecule has 1 aromatic carbocycles. The summed E-state index contributed by atoms with van der Waals surface area (Å²) in [4.78, 5) is 0. The predicted molar refractivity (Wildman–Crippen MR) is 95.0 cm³/mol. The topological polar surface area (TPSA) is 21.7 Å². The van der Waals surface area contributed by atoms with E-state index >= 15 is 0 Å². The molecule has 2 aromatic rings. The van der Waals surface area contributed by atoms with Gasteiger partial charge in [0.15, 0.2) is 0 Å². The van der Waals surface area contributed by atoms with Gasteiger partial charge in [-0.25, -0.2) is 4.57 Å². The van der Waals surface area contributed by atoms with E-state index in [1.807, 2.05) is 0 Å². The number of rotatable bonds is 3. The van der Waals surface area contributed by atoms with Crippen molar-refractivity contribution < 1.29 is 21.8 Å². The summed E-state index contributed by atoms with van der Waals surface area (Å²) in [6.07, 6.45) is 5.80. The molecule has 2 heterocycles. The van der Waals surface area contributed by atoms with Crippen LogP contribution in [0.5, 0.6) is 0 Å². The molecule has 0 fully saturated rings. The number of nitrogens with zero attached hydrogens (tertiary/aromatic N) is 3. The summed E-state index contributed by atoms with van der Waals surface area (Å²) in [5.41, 5.74) is 5.16. The van der Waals surface area contributed by atoms with Crippen molar-refractivity contribution >= 4 is 7.25 Å². The normalized spacial score (nSPS) is 16.5. The van der Waals surface area contributed by atoms with E-state index in [0.717, 1.165) is 12.3 Å². The lowest BCUT2D eigenvalue weighted by Crippen LogP contribution is -2.36. The van der Waals surface area contributed by atoms with Crippen molar-refractivity contribution in [1.29, 1.82) is 0 Å². The van der Waals surface area contributed by atoms with Gasteiger partial charge < -0.3 is 17.3 Å². The molecule has 3 rings (SSSR count). The fourth-order valence-corrected chi connectivity index (χ4v) is 3.72. The van der Waals surface area contributed by atoms with E-state index in [1.54, 1.807) is 0 Å². The summed E-state index contributed by atoms with van der Waals surface area (Å²) in [7, 11) is -6.00. The minimum atomic E-state index is -6.00. The second-order valence-corrected chi connectivity index (χ2v) is 7.45. The Labute approximate surface area is 152 Å². The molecule has 0 saturated heterocycles. The van der Waals surface area contributed by atoms with E-state index < -0.39 is 7.25 Å². The minimum absolute atomic E-state index is 0.625. The summed E-state index contributed by atoms with van der Waals surface area (Å²) in [5, 5.41) is 4.85. The highest BCUT2D eigenvalue weighted by Crippen LogP contribution is 2.25. The number of aryl methyl sites for hydroxylation is 4. The maximum atomic E-state index is 9.75. The van der Waals surface area contributed by atoms with Gasteiger partial charge in [-0.15, -0.1) is 0 Å². The second-order valence-electron chi connectivity index (χ2n) is 7.45. The third-order valence-electron chi connectivity index (χ3n) is 4.46. The molecule has 1 unspecified atom stereocenters. The first-order chi connectivity index (χ1) is 12.0. The molecule has 0 spiro atoms. The minimum Gasteiger partial charge on any atom is -0.418 e. The fraction of sp³-hybridized carbons (Fsp3) is 0.556. The zero-order chi connectivity index (χ0) is 19.6. The first-order valence-corrected chi connectivity index (χ1v) is 8.91. The molecule has 1 aromatic heterocycles. The highest BCUT2D eigenvalue weighted by Gasteiger charge is 2.32. The molecule has 0 radical (unpaired) electrons. The van der Waals surface area contributed by atoms with Gasteiger partial charge in [0.1, 0.15) is 5.69 Å². The van der Waals surface area contributed by atoms with Gasteiger partial charge in [-0.1, -0.05) is 36.2 Å². The summed E-state index contributed by atoms with van der Waals surface area (Å²) < 4.78 is 43.5. The Hall–Kier alpha value is -1.86. The van der Waals surface area contributed by atoms with Gasteiger partial charge in [0, 0.05) is 11.5 Å². The lowest BCUT2D eigenvalue weighted by atomic mass is 10.0. The van der Waals surface area contributed by atoms with E-state index in [1.165, 1.54) is 41.0 Å². The van der Waals surface area contributed by atoms with Crippen LogP contribution >= 0.6 is 0 Å². The monoisotopic (exact) mass is 371 g/mol. The van der Waals surface area contributed by atoms with Crippen LogP contribution in [0.4, 0.5) is 17.3 Å². The largest absolute Gasteiger partial charge is 0.673 e. The van der Waals surface area contributed by atoms with E-state index in [-0.39, 0.29) is 0 Å². The first kappa shape index (κ1) is 20.5. The molecule has 144 valence electrons. The molecule has 1 aliphatic heterocycles. The van der Waals surface area contributed by atoms with Crippen LogP contribution in [-0.4, -0.2) is 17.0 Å². The van der Waals surface area contributed by atoms with Crippen LogP contribution < -0.4 is 4.57 Å². The van der Waals surface area contributed by atoms with E-state index in [2.05, 4.69) is 62.3 Å². The quantitative estimate of drug-likeness (QED) is 0.427. The molecule has 8 heteroatoms. The van der Waals surface area contributed by atoms with Crippen molar-refractivity contribution in [3.63, 3.8) is 0 Å². The van der Waals surface area contributed by atoms with E-state index in [9.17, 15) is 17.3 Å². The lowest BCUT2D eigenvalue weighted by Gasteiger charge is -2.11. The van der Waals surface area contributed by atoms with Crippen molar-refractivity contribution in [3.05, 3.63) is 41.0 Å². The third kappa shape index (κ3) is 5.32. The average Bonchev–Trinajstić information content (AvgIpc) is 2.97. The molecule has 1 aliphatic rings. The van der Waals surface area contributed by atoms with Crippen LogP contribution in [-0.2, 0) is 6.42 Å². The van der Waals surface area contributed by atoms with Crippen LogP contribution in [0.1, 0.15) is 55.2 Å². The number of hydrogen-bond acceptors (Lipinski definition) is 1. The second kappa shape index (κ2) is 7.80. The number of hydrogen-bond donors (Lipinski definition) is 0. The Bertz CT molecular complexity index is 739. The zero-order valence-corrected chi connectivity index (χ0v) is 15.9.